The number of carbonyl (C=O) groups excluding carboxylic acids is 1. The minimum atomic E-state index is -0.524. The third-order valence-corrected chi connectivity index (χ3v) is 2.29. The summed E-state index contributed by atoms with van der Waals surface area (Å²) in [6.07, 6.45) is 0.0971. The maximum atomic E-state index is 11.4. The van der Waals surface area contributed by atoms with Crippen LogP contribution in [0.1, 0.15) is 27.2 Å². The highest BCUT2D eigenvalue weighted by Crippen LogP contribution is 2.19. The predicted octanol–water partition coefficient (Wildman–Crippen LogP) is 2.89. The second kappa shape index (κ2) is 7.47. The molecule has 0 saturated carbocycles. The molecular formula is C14H20N2O5. The first-order valence-corrected chi connectivity index (χ1v) is 6.62. The Morgan fingerprint density at radius 3 is 2.71 bits per heavy atom. The topological polar surface area (TPSA) is 90.7 Å². The smallest absolute Gasteiger partial charge is 0.407 e. The lowest BCUT2D eigenvalue weighted by molar-refractivity contribution is -0.384. The number of nitro benzene ring substituents is 1. The van der Waals surface area contributed by atoms with Crippen molar-refractivity contribution in [3.8, 4) is 5.75 Å². The highest BCUT2D eigenvalue weighted by atomic mass is 16.6. The molecule has 1 aromatic carbocycles. The number of rotatable bonds is 6. The van der Waals surface area contributed by atoms with Gasteiger partial charge in [0.2, 0.25) is 0 Å². The van der Waals surface area contributed by atoms with Crippen molar-refractivity contribution in [3.05, 3.63) is 34.4 Å². The molecule has 0 aliphatic rings. The van der Waals surface area contributed by atoms with Crippen LogP contribution in [0.4, 0.5) is 10.5 Å². The Morgan fingerprint density at radius 2 is 2.10 bits per heavy atom. The molecule has 0 saturated heterocycles. The zero-order valence-corrected chi connectivity index (χ0v) is 12.4. The van der Waals surface area contributed by atoms with Crippen molar-refractivity contribution in [1.29, 1.82) is 0 Å². The molecule has 1 amide bonds. The van der Waals surface area contributed by atoms with Crippen LogP contribution in [0, 0.1) is 10.1 Å². The number of hydrogen-bond donors (Lipinski definition) is 1. The van der Waals surface area contributed by atoms with Gasteiger partial charge in [-0.1, -0.05) is 6.07 Å². The van der Waals surface area contributed by atoms with E-state index in [0.29, 0.717) is 25.3 Å². The first-order valence-electron chi connectivity index (χ1n) is 6.62. The number of non-ortho nitro benzene ring substituents is 1. The van der Waals surface area contributed by atoms with E-state index in [9.17, 15) is 14.9 Å². The number of nitrogens with one attached hydrogen (secondary N) is 1. The van der Waals surface area contributed by atoms with E-state index in [-0.39, 0.29) is 5.69 Å². The lowest BCUT2D eigenvalue weighted by Crippen LogP contribution is -2.33. The molecule has 0 fully saturated rings. The minimum Gasteiger partial charge on any atom is -0.493 e. The van der Waals surface area contributed by atoms with Gasteiger partial charge in [-0.3, -0.25) is 10.1 Å². The van der Waals surface area contributed by atoms with Gasteiger partial charge in [-0.05, 0) is 33.3 Å². The fourth-order valence-electron chi connectivity index (χ4n) is 1.45. The summed E-state index contributed by atoms with van der Waals surface area (Å²) in [5.74, 6) is 0.432. The van der Waals surface area contributed by atoms with Gasteiger partial charge in [-0.15, -0.1) is 0 Å². The molecule has 0 aliphatic carbocycles. The van der Waals surface area contributed by atoms with Gasteiger partial charge in [0, 0.05) is 12.6 Å². The summed E-state index contributed by atoms with van der Waals surface area (Å²) in [6, 6.07) is 5.97. The lowest BCUT2D eigenvalue weighted by atomic mass is 10.2. The van der Waals surface area contributed by atoms with Crippen LogP contribution in [0.25, 0.3) is 0 Å². The molecule has 0 unspecified atom stereocenters. The van der Waals surface area contributed by atoms with Crippen molar-refractivity contribution in [2.24, 2.45) is 0 Å². The standard InChI is InChI=1S/C14H20N2O5/c1-14(2,3)21-13(17)15-8-5-9-20-12-7-4-6-11(10-12)16(18)19/h4,6-7,10H,5,8-9H2,1-3H3,(H,15,17). The quantitative estimate of drug-likeness (QED) is 0.495. The van der Waals surface area contributed by atoms with Crippen molar-refractivity contribution in [2.45, 2.75) is 32.8 Å². The molecule has 0 spiro atoms. The van der Waals surface area contributed by atoms with Crippen LogP contribution in [0.2, 0.25) is 0 Å². The van der Waals surface area contributed by atoms with Crippen molar-refractivity contribution < 1.29 is 19.2 Å². The molecule has 7 nitrogen and oxygen atoms in total. The lowest BCUT2D eigenvalue weighted by Gasteiger charge is -2.19. The van der Waals surface area contributed by atoms with Gasteiger partial charge in [-0.2, -0.15) is 0 Å². The summed E-state index contributed by atoms with van der Waals surface area (Å²) in [5.41, 5.74) is -0.539. The summed E-state index contributed by atoms with van der Waals surface area (Å²) < 4.78 is 10.5. The second-order valence-corrected chi connectivity index (χ2v) is 5.39. The number of alkyl carbamates (subject to hydrolysis) is 1. The van der Waals surface area contributed by atoms with Crippen LogP contribution in [0.15, 0.2) is 24.3 Å². The van der Waals surface area contributed by atoms with Crippen LogP contribution < -0.4 is 10.1 Å². The van der Waals surface area contributed by atoms with Crippen LogP contribution >= 0.6 is 0 Å². The summed E-state index contributed by atoms with van der Waals surface area (Å²) in [5, 5.41) is 13.2. The average Bonchev–Trinajstić information content (AvgIpc) is 2.36. The van der Waals surface area contributed by atoms with Crippen molar-refractivity contribution >= 4 is 11.8 Å². The molecule has 21 heavy (non-hydrogen) atoms. The molecule has 116 valence electrons. The molecule has 7 heteroatoms. The summed E-state index contributed by atoms with van der Waals surface area (Å²) in [4.78, 5) is 21.5. The van der Waals surface area contributed by atoms with E-state index in [4.69, 9.17) is 9.47 Å². The number of ether oxygens (including phenoxy) is 2. The number of nitrogens with zero attached hydrogens (tertiary/aromatic N) is 1. The van der Waals surface area contributed by atoms with Gasteiger partial charge in [0.1, 0.15) is 11.4 Å². The zero-order chi connectivity index (χ0) is 15.9. The van der Waals surface area contributed by atoms with Crippen LogP contribution in [0.5, 0.6) is 5.75 Å². The first-order chi connectivity index (χ1) is 9.78. The molecule has 1 aromatic rings. The molecule has 0 aromatic heterocycles. The van der Waals surface area contributed by atoms with E-state index in [1.54, 1.807) is 32.9 Å². The van der Waals surface area contributed by atoms with E-state index in [1.165, 1.54) is 12.1 Å². The highest BCUT2D eigenvalue weighted by molar-refractivity contribution is 5.67. The molecule has 0 atom stereocenters. The first kappa shape index (κ1) is 16.7. The second-order valence-electron chi connectivity index (χ2n) is 5.39. The molecule has 0 aliphatic heterocycles. The van der Waals surface area contributed by atoms with Gasteiger partial charge in [0.25, 0.3) is 5.69 Å². The Bertz CT molecular complexity index is 496. The summed E-state index contributed by atoms with van der Waals surface area (Å²) >= 11 is 0. The van der Waals surface area contributed by atoms with Crippen molar-refractivity contribution in [3.63, 3.8) is 0 Å². The van der Waals surface area contributed by atoms with Crippen LogP contribution in [0.3, 0.4) is 0 Å². The van der Waals surface area contributed by atoms with E-state index < -0.39 is 16.6 Å². The zero-order valence-electron chi connectivity index (χ0n) is 12.4. The SMILES string of the molecule is CC(C)(C)OC(=O)NCCCOc1cccc([N+](=O)[O-])c1. The minimum absolute atomic E-state index is 0.0145. The molecule has 0 heterocycles. The normalized spacial score (nSPS) is 10.8. The van der Waals surface area contributed by atoms with Gasteiger partial charge < -0.3 is 14.8 Å². The number of hydrogen-bond acceptors (Lipinski definition) is 5. The number of benzene rings is 1. The summed E-state index contributed by atoms with van der Waals surface area (Å²) in [7, 11) is 0. The average molecular weight is 296 g/mol. The summed E-state index contributed by atoms with van der Waals surface area (Å²) in [6.45, 7) is 6.12. The van der Waals surface area contributed by atoms with E-state index in [2.05, 4.69) is 5.32 Å². The van der Waals surface area contributed by atoms with Crippen LogP contribution in [-0.4, -0.2) is 29.8 Å². The fourth-order valence-corrected chi connectivity index (χ4v) is 1.45. The number of nitro groups is 1. The molecular weight excluding hydrogens is 276 g/mol. The third kappa shape index (κ3) is 7.14. The van der Waals surface area contributed by atoms with E-state index >= 15 is 0 Å². The molecule has 0 radical (unpaired) electrons. The Morgan fingerprint density at radius 1 is 1.38 bits per heavy atom. The van der Waals surface area contributed by atoms with Gasteiger partial charge in [0.05, 0.1) is 17.6 Å². The molecule has 1 rings (SSSR count). The Kier molecular flexibility index (Phi) is 5.95. The Hall–Kier alpha value is -2.31. The molecule has 1 N–H and O–H groups in total. The van der Waals surface area contributed by atoms with Crippen LogP contribution in [-0.2, 0) is 4.74 Å². The monoisotopic (exact) mass is 296 g/mol. The molecule has 0 bridgehead atoms. The van der Waals surface area contributed by atoms with Crippen molar-refractivity contribution in [2.75, 3.05) is 13.2 Å². The third-order valence-electron chi connectivity index (χ3n) is 2.29. The Balaban J connectivity index is 2.24. The van der Waals surface area contributed by atoms with Crippen molar-refractivity contribution in [1.82, 2.24) is 5.32 Å². The Labute approximate surface area is 123 Å². The largest absolute Gasteiger partial charge is 0.493 e. The number of amides is 1. The maximum Gasteiger partial charge on any atom is 0.407 e. The van der Waals surface area contributed by atoms with E-state index in [0.717, 1.165) is 0 Å². The van der Waals surface area contributed by atoms with Gasteiger partial charge >= 0.3 is 6.09 Å². The van der Waals surface area contributed by atoms with Gasteiger partial charge in [-0.25, -0.2) is 4.79 Å². The van der Waals surface area contributed by atoms with E-state index in [1.807, 2.05) is 0 Å². The predicted molar refractivity (Wildman–Crippen MR) is 77.4 cm³/mol. The fraction of sp³-hybridized carbons (Fsp3) is 0.500. The van der Waals surface area contributed by atoms with Gasteiger partial charge in [0.15, 0.2) is 0 Å². The highest BCUT2D eigenvalue weighted by Gasteiger charge is 2.15. The maximum absolute atomic E-state index is 11.4. The number of carbonyl (C=O) groups is 1.